The zero-order valence-electron chi connectivity index (χ0n) is 10.7. The lowest BCUT2D eigenvalue weighted by Gasteiger charge is -2.26. The monoisotopic (exact) mass is 301 g/mol. The van der Waals surface area contributed by atoms with Gasteiger partial charge in [-0.1, -0.05) is 18.0 Å². The summed E-state index contributed by atoms with van der Waals surface area (Å²) in [6.45, 7) is 2.44. The maximum Gasteiger partial charge on any atom is 0.244 e. The number of ketones is 1. The van der Waals surface area contributed by atoms with Crippen molar-refractivity contribution in [3.05, 3.63) is 28.8 Å². The number of carbonyl (C=O) groups excluding carboxylic acids is 1. The summed E-state index contributed by atoms with van der Waals surface area (Å²) in [5, 5.41) is 0.163. The number of benzene rings is 1. The fraction of sp³-hybridized carbons (Fsp3) is 0.462. The van der Waals surface area contributed by atoms with Crippen LogP contribution in [-0.2, 0) is 10.0 Å². The molecule has 0 aliphatic carbocycles. The van der Waals surface area contributed by atoms with E-state index in [2.05, 4.69) is 0 Å². The van der Waals surface area contributed by atoms with Gasteiger partial charge in [0, 0.05) is 18.7 Å². The Balaban J connectivity index is 2.44. The molecule has 0 atom stereocenters. The molecule has 19 heavy (non-hydrogen) atoms. The fourth-order valence-corrected chi connectivity index (χ4v) is 4.18. The van der Waals surface area contributed by atoms with Gasteiger partial charge in [0.1, 0.15) is 4.90 Å². The predicted octanol–water partition coefficient (Wildman–Crippen LogP) is 2.72. The highest BCUT2D eigenvalue weighted by atomic mass is 35.5. The second kappa shape index (κ2) is 5.61. The normalized spacial score (nSPS) is 17.4. The number of hydrogen-bond acceptors (Lipinski definition) is 3. The zero-order valence-corrected chi connectivity index (χ0v) is 12.3. The summed E-state index contributed by atoms with van der Waals surface area (Å²) < 4.78 is 26.5. The largest absolute Gasteiger partial charge is 0.295 e. The zero-order chi connectivity index (χ0) is 14.0. The Morgan fingerprint density at radius 1 is 1.21 bits per heavy atom. The van der Waals surface area contributed by atoms with Crippen molar-refractivity contribution in [3.63, 3.8) is 0 Å². The van der Waals surface area contributed by atoms with E-state index in [4.69, 9.17) is 11.6 Å². The summed E-state index contributed by atoms with van der Waals surface area (Å²) in [7, 11) is -3.60. The van der Waals surface area contributed by atoms with Crippen LogP contribution in [0.15, 0.2) is 23.1 Å². The number of carbonyl (C=O) groups is 1. The average Bonchev–Trinajstić information content (AvgIpc) is 2.39. The molecule has 4 nitrogen and oxygen atoms in total. The van der Waals surface area contributed by atoms with Crippen LogP contribution in [0.2, 0.25) is 5.02 Å². The number of nitrogens with zero attached hydrogens (tertiary/aromatic N) is 1. The van der Waals surface area contributed by atoms with Crippen molar-refractivity contribution in [2.24, 2.45) is 0 Å². The molecule has 0 unspecified atom stereocenters. The van der Waals surface area contributed by atoms with E-state index in [1.54, 1.807) is 6.07 Å². The second-order valence-electron chi connectivity index (χ2n) is 4.67. The lowest BCUT2D eigenvalue weighted by atomic mass is 10.1. The first-order valence-electron chi connectivity index (χ1n) is 6.23. The summed E-state index contributed by atoms with van der Waals surface area (Å²) in [6.07, 6.45) is 2.78. The van der Waals surface area contributed by atoms with E-state index in [-0.39, 0.29) is 15.7 Å². The van der Waals surface area contributed by atoms with Crippen molar-refractivity contribution in [3.8, 4) is 0 Å². The van der Waals surface area contributed by atoms with Crippen LogP contribution in [0.5, 0.6) is 0 Å². The third kappa shape index (κ3) is 2.99. The van der Waals surface area contributed by atoms with Gasteiger partial charge in [0.05, 0.1) is 5.02 Å². The molecule has 1 fully saturated rings. The molecule has 0 aromatic heterocycles. The highest BCUT2D eigenvalue weighted by molar-refractivity contribution is 7.89. The van der Waals surface area contributed by atoms with E-state index >= 15 is 0 Å². The van der Waals surface area contributed by atoms with E-state index < -0.39 is 10.0 Å². The van der Waals surface area contributed by atoms with E-state index in [0.717, 1.165) is 19.3 Å². The average molecular weight is 302 g/mol. The first kappa shape index (κ1) is 14.5. The number of hydrogen-bond donors (Lipinski definition) is 0. The van der Waals surface area contributed by atoms with Crippen LogP contribution in [0.25, 0.3) is 0 Å². The van der Waals surface area contributed by atoms with Gasteiger partial charge in [0.2, 0.25) is 10.0 Å². The molecule has 0 N–H and O–H groups in total. The summed E-state index contributed by atoms with van der Waals surface area (Å²) in [5.74, 6) is -0.174. The van der Waals surface area contributed by atoms with Crippen LogP contribution in [0.4, 0.5) is 0 Å². The molecule has 1 aliphatic heterocycles. The van der Waals surface area contributed by atoms with E-state index in [1.807, 2.05) is 0 Å². The molecule has 1 aromatic carbocycles. The molecule has 1 saturated heterocycles. The second-order valence-corrected chi connectivity index (χ2v) is 6.98. The first-order chi connectivity index (χ1) is 8.93. The van der Waals surface area contributed by atoms with E-state index in [1.165, 1.54) is 23.4 Å². The standard InChI is InChI=1S/C13H16ClNO3S/c1-10(16)11-5-6-12(14)13(9-11)19(17,18)15-7-3-2-4-8-15/h5-6,9H,2-4,7-8H2,1H3. The summed E-state index contributed by atoms with van der Waals surface area (Å²) in [4.78, 5) is 11.4. The van der Waals surface area contributed by atoms with Gasteiger partial charge in [-0.25, -0.2) is 8.42 Å². The van der Waals surface area contributed by atoms with Crippen molar-refractivity contribution in [1.29, 1.82) is 0 Å². The Hall–Kier alpha value is -0.910. The molecule has 104 valence electrons. The third-order valence-corrected chi connectivity index (χ3v) is 5.65. The van der Waals surface area contributed by atoms with Crippen LogP contribution in [0.1, 0.15) is 36.5 Å². The Labute approximate surface area is 118 Å². The SMILES string of the molecule is CC(=O)c1ccc(Cl)c(S(=O)(=O)N2CCCCC2)c1. The summed E-state index contributed by atoms with van der Waals surface area (Å²) in [5.41, 5.74) is 0.361. The van der Waals surface area contributed by atoms with Gasteiger partial charge in [-0.15, -0.1) is 0 Å². The Bertz CT molecular complexity index is 592. The lowest BCUT2D eigenvalue weighted by molar-refractivity contribution is 0.101. The molecule has 1 aromatic rings. The van der Waals surface area contributed by atoms with Gasteiger partial charge in [-0.2, -0.15) is 4.31 Å². The minimum Gasteiger partial charge on any atom is -0.295 e. The molecule has 0 amide bonds. The molecule has 0 radical (unpaired) electrons. The highest BCUT2D eigenvalue weighted by Gasteiger charge is 2.28. The number of piperidine rings is 1. The maximum atomic E-state index is 12.5. The van der Waals surface area contributed by atoms with E-state index in [0.29, 0.717) is 18.7 Å². The van der Waals surface area contributed by atoms with Crippen molar-refractivity contribution in [1.82, 2.24) is 4.31 Å². The van der Waals surface area contributed by atoms with Gasteiger partial charge in [-0.3, -0.25) is 4.79 Å². The number of sulfonamides is 1. The van der Waals surface area contributed by atoms with Crippen molar-refractivity contribution >= 4 is 27.4 Å². The molecule has 1 heterocycles. The van der Waals surface area contributed by atoms with Crippen LogP contribution < -0.4 is 0 Å². The van der Waals surface area contributed by atoms with Crippen molar-refractivity contribution in [2.75, 3.05) is 13.1 Å². The summed E-state index contributed by atoms with van der Waals surface area (Å²) in [6, 6.07) is 4.38. The van der Waals surface area contributed by atoms with Crippen LogP contribution >= 0.6 is 11.6 Å². The minimum atomic E-state index is -3.60. The minimum absolute atomic E-state index is 0.0313. The molecule has 0 saturated carbocycles. The predicted molar refractivity (Wildman–Crippen MR) is 74.1 cm³/mol. The van der Waals surface area contributed by atoms with Crippen LogP contribution in [0, 0.1) is 0 Å². The third-order valence-electron chi connectivity index (χ3n) is 3.27. The van der Waals surface area contributed by atoms with Gasteiger partial charge in [0.15, 0.2) is 5.78 Å². The number of rotatable bonds is 3. The lowest BCUT2D eigenvalue weighted by Crippen LogP contribution is -2.35. The Morgan fingerprint density at radius 3 is 2.42 bits per heavy atom. The Kier molecular flexibility index (Phi) is 4.28. The van der Waals surface area contributed by atoms with Gasteiger partial charge in [0.25, 0.3) is 0 Å². The molecule has 1 aliphatic rings. The van der Waals surface area contributed by atoms with Gasteiger partial charge >= 0.3 is 0 Å². The van der Waals surface area contributed by atoms with Crippen LogP contribution in [0.3, 0.4) is 0 Å². The maximum absolute atomic E-state index is 12.5. The molecule has 0 bridgehead atoms. The van der Waals surface area contributed by atoms with Crippen molar-refractivity contribution in [2.45, 2.75) is 31.1 Å². The van der Waals surface area contributed by atoms with Gasteiger partial charge in [-0.05, 0) is 38.0 Å². The van der Waals surface area contributed by atoms with Gasteiger partial charge < -0.3 is 0 Å². The molecular formula is C13H16ClNO3S. The fourth-order valence-electron chi connectivity index (χ4n) is 2.16. The molecule has 0 spiro atoms. The molecule has 6 heteroatoms. The molecule has 2 rings (SSSR count). The Morgan fingerprint density at radius 2 is 1.84 bits per heavy atom. The first-order valence-corrected chi connectivity index (χ1v) is 8.05. The number of Topliss-reactive ketones (excluding diaryl/α,β-unsaturated/α-hetero) is 1. The van der Waals surface area contributed by atoms with E-state index in [9.17, 15) is 13.2 Å². The highest BCUT2D eigenvalue weighted by Crippen LogP contribution is 2.27. The molecular weight excluding hydrogens is 286 g/mol. The van der Waals surface area contributed by atoms with Crippen LogP contribution in [-0.4, -0.2) is 31.6 Å². The number of halogens is 1. The topological polar surface area (TPSA) is 54.5 Å². The summed E-state index contributed by atoms with van der Waals surface area (Å²) >= 11 is 5.99. The van der Waals surface area contributed by atoms with Crippen molar-refractivity contribution < 1.29 is 13.2 Å². The quantitative estimate of drug-likeness (QED) is 0.807. The smallest absolute Gasteiger partial charge is 0.244 e.